The molecule has 0 bridgehead atoms. The van der Waals surface area contributed by atoms with E-state index >= 15 is 0 Å². The van der Waals surface area contributed by atoms with Gasteiger partial charge in [0.25, 0.3) is 5.91 Å². The lowest BCUT2D eigenvalue weighted by molar-refractivity contribution is -0.134. The number of nitrogens with zero attached hydrogens (tertiary/aromatic N) is 2. The van der Waals surface area contributed by atoms with Crippen LogP contribution in [0.1, 0.15) is 10.4 Å². The average molecular weight is 429 g/mol. The van der Waals surface area contributed by atoms with Crippen molar-refractivity contribution < 1.29 is 28.7 Å². The molecule has 4 rings (SSSR count). The molecule has 30 heavy (non-hydrogen) atoms. The Balaban J connectivity index is 1.52. The van der Waals surface area contributed by atoms with Crippen molar-refractivity contribution in [3.05, 3.63) is 42.2 Å². The number of piperazine rings is 1. The van der Waals surface area contributed by atoms with Crippen molar-refractivity contribution in [2.24, 2.45) is 0 Å². The second kappa shape index (κ2) is 8.23. The summed E-state index contributed by atoms with van der Waals surface area (Å²) in [6.07, 6.45) is 1.55. The molecule has 9 nitrogen and oxygen atoms in total. The van der Waals surface area contributed by atoms with Gasteiger partial charge < -0.3 is 24.6 Å². The number of aliphatic carboxylic acids is 1. The fraction of sp³-hybridized carbons (Fsp3) is 0.300. The van der Waals surface area contributed by atoms with E-state index in [-0.39, 0.29) is 48.9 Å². The van der Waals surface area contributed by atoms with Crippen molar-refractivity contribution in [1.82, 2.24) is 9.80 Å². The molecule has 0 saturated carbocycles. The Morgan fingerprint density at radius 3 is 2.77 bits per heavy atom. The average Bonchev–Trinajstić information content (AvgIpc) is 3.24. The monoisotopic (exact) mass is 429 g/mol. The fourth-order valence-electron chi connectivity index (χ4n) is 3.59. The number of carbonyl (C=O) groups is 4. The van der Waals surface area contributed by atoms with Gasteiger partial charge in [-0.2, -0.15) is 0 Å². The van der Waals surface area contributed by atoms with Crippen LogP contribution in [0.2, 0.25) is 0 Å². The maximum absolute atomic E-state index is 13.2. The first-order chi connectivity index (χ1) is 14.4. The number of anilines is 1. The summed E-state index contributed by atoms with van der Waals surface area (Å²) in [5, 5.41) is 11.5. The molecule has 10 heteroatoms. The van der Waals surface area contributed by atoms with Gasteiger partial charge in [0, 0.05) is 18.7 Å². The molecule has 1 aromatic heterocycles. The van der Waals surface area contributed by atoms with Crippen LogP contribution in [0.5, 0.6) is 0 Å². The van der Waals surface area contributed by atoms with E-state index in [1.807, 2.05) is 0 Å². The number of hydrogen-bond acceptors (Lipinski definition) is 6. The van der Waals surface area contributed by atoms with E-state index in [1.54, 1.807) is 36.6 Å². The second-order valence-corrected chi connectivity index (χ2v) is 7.95. The molecule has 1 saturated heterocycles. The fourth-order valence-corrected chi connectivity index (χ4v) is 4.22. The number of rotatable bonds is 5. The molecule has 0 unspecified atom stereocenters. The van der Waals surface area contributed by atoms with Gasteiger partial charge in [0.2, 0.25) is 11.8 Å². The zero-order chi connectivity index (χ0) is 21.3. The Kier molecular flexibility index (Phi) is 5.49. The first kappa shape index (κ1) is 20.0. The molecule has 0 aliphatic carbocycles. The second-order valence-electron chi connectivity index (χ2n) is 6.97. The molecule has 2 aromatic rings. The number of carboxylic acids is 1. The highest BCUT2D eigenvalue weighted by molar-refractivity contribution is 8.00. The zero-order valence-electron chi connectivity index (χ0n) is 15.9. The van der Waals surface area contributed by atoms with Crippen molar-refractivity contribution in [2.45, 2.75) is 6.04 Å². The van der Waals surface area contributed by atoms with Gasteiger partial charge in [0.15, 0.2) is 0 Å². The first-order valence-electron chi connectivity index (χ1n) is 9.31. The minimum absolute atomic E-state index is 0.0152. The number of nitrogens with one attached hydrogen (secondary N) is 1. The molecule has 2 N–H and O–H groups in total. The maximum atomic E-state index is 13.2. The van der Waals surface area contributed by atoms with Gasteiger partial charge >= 0.3 is 5.97 Å². The Hall–Kier alpha value is -3.27. The highest BCUT2D eigenvalue weighted by atomic mass is 32.2. The lowest BCUT2D eigenvalue weighted by Gasteiger charge is -2.39. The third kappa shape index (κ3) is 3.90. The van der Waals surface area contributed by atoms with Gasteiger partial charge in [-0.3, -0.25) is 19.2 Å². The number of thioether (sulfide) groups is 1. The minimum atomic E-state index is -0.988. The smallest absolute Gasteiger partial charge is 0.313 e. The normalized spacial score (nSPS) is 18.3. The van der Waals surface area contributed by atoms with Crippen molar-refractivity contribution >= 4 is 41.1 Å². The van der Waals surface area contributed by atoms with Gasteiger partial charge in [-0.25, -0.2) is 0 Å². The number of carbonyl (C=O) groups excluding carboxylic acids is 3. The molecule has 3 amide bonds. The quantitative estimate of drug-likeness (QED) is 0.736. The number of furan rings is 1. The Labute approximate surface area is 176 Å². The van der Waals surface area contributed by atoms with E-state index in [1.165, 1.54) is 9.80 Å². The molecule has 1 atom stereocenters. The van der Waals surface area contributed by atoms with Crippen LogP contribution in [0.25, 0.3) is 11.3 Å². The van der Waals surface area contributed by atoms with Crippen LogP contribution in [0.4, 0.5) is 5.69 Å². The summed E-state index contributed by atoms with van der Waals surface area (Å²) in [7, 11) is 0. The highest BCUT2D eigenvalue weighted by Crippen LogP contribution is 2.30. The first-order valence-corrected chi connectivity index (χ1v) is 10.5. The lowest BCUT2D eigenvalue weighted by Crippen LogP contribution is -2.59. The molecule has 0 spiro atoms. The van der Waals surface area contributed by atoms with E-state index in [2.05, 4.69) is 5.32 Å². The summed E-state index contributed by atoms with van der Waals surface area (Å²) in [5.74, 6) is -1.41. The standard InChI is InChI=1S/C20H19N3O6S/c24-17(10-30-11-18(25)26)22-5-6-23-15(9-22)19(27)21-14-4-3-12(8-13(14)20(23)28)16-2-1-7-29-16/h1-4,7-8,15H,5-6,9-11H2,(H,21,27)(H,25,26)/t15-/m0/s1. The summed E-state index contributed by atoms with van der Waals surface area (Å²) < 4.78 is 5.40. The number of amides is 3. The summed E-state index contributed by atoms with van der Waals surface area (Å²) in [5.41, 5.74) is 1.52. The van der Waals surface area contributed by atoms with E-state index in [0.29, 0.717) is 17.0 Å². The van der Waals surface area contributed by atoms with Crippen molar-refractivity contribution in [3.63, 3.8) is 0 Å². The topological polar surface area (TPSA) is 120 Å². The van der Waals surface area contributed by atoms with Crippen LogP contribution in [0, 0.1) is 0 Å². The van der Waals surface area contributed by atoms with E-state index in [0.717, 1.165) is 17.3 Å². The van der Waals surface area contributed by atoms with E-state index < -0.39 is 12.0 Å². The summed E-state index contributed by atoms with van der Waals surface area (Å²) in [4.78, 5) is 52.0. The molecule has 2 aliphatic heterocycles. The Bertz CT molecular complexity index is 1010. The summed E-state index contributed by atoms with van der Waals surface area (Å²) in [6.45, 7) is 0.578. The van der Waals surface area contributed by atoms with Crippen LogP contribution in [-0.2, 0) is 14.4 Å². The third-order valence-corrected chi connectivity index (χ3v) is 5.96. The molecule has 3 heterocycles. The lowest BCUT2D eigenvalue weighted by atomic mass is 10.1. The summed E-state index contributed by atoms with van der Waals surface area (Å²) >= 11 is 1.01. The van der Waals surface area contributed by atoms with Gasteiger partial charge in [0.1, 0.15) is 11.8 Å². The molecule has 1 aromatic carbocycles. The van der Waals surface area contributed by atoms with E-state index in [9.17, 15) is 19.2 Å². The predicted octanol–water partition coefficient (Wildman–Crippen LogP) is 1.37. The van der Waals surface area contributed by atoms with Gasteiger partial charge in [-0.15, -0.1) is 11.8 Å². The van der Waals surface area contributed by atoms with Crippen LogP contribution in [0.3, 0.4) is 0 Å². The van der Waals surface area contributed by atoms with Crippen molar-refractivity contribution in [3.8, 4) is 11.3 Å². The molecule has 1 fully saturated rings. The van der Waals surface area contributed by atoms with Gasteiger partial charge in [-0.05, 0) is 30.3 Å². The van der Waals surface area contributed by atoms with Crippen LogP contribution in [-0.4, -0.2) is 75.8 Å². The Morgan fingerprint density at radius 2 is 2.03 bits per heavy atom. The number of fused-ring (bicyclic) bond motifs is 2. The SMILES string of the molecule is O=C(O)CSCC(=O)N1CCN2C(=O)c3cc(-c4ccco4)ccc3NC(=O)[C@@H]2C1. The van der Waals surface area contributed by atoms with Crippen LogP contribution < -0.4 is 5.32 Å². The van der Waals surface area contributed by atoms with Gasteiger partial charge in [0.05, 0.1) is 35.6 Å². The predicted molar refractivity (Wildman–Crippen MR) is 109 cm³/mol. The minimum Gasteiger partial charge on any atom is -0.481 e. The maximum Gasteiger partial charge on any atom is 0.313 e. The summed E-state index contributed by atoms with van der Waals surface area (Å²) in [6, 6.07) is 7.87. The molecular weight excluding hydrogens is 410 g/mol. The van der Waals surface area contributed by atoms with Crippen LogP contribution >= 0.6 is 11.8 Å². The van der Waals surface area contributed by atoms with Crippen molar-refractivity contribution in [1.29, 1.82) is 0 Å². The Morgan fingerprint density at radius 1 is 1.20 bits per heavy atom. The number of benzene rings is 1. The van der Waals surface area contributed by atoms with E-state index in [4.69, 9.17) is 9.52 Å². The van der Waals surface area contributed by atoms with Crippen LogP contribution in [0.15, 0.2) is 41.0 Å². The zero-order valence-corrected chi connectivity index (χ0v) is 16.7. The van der Waals surface area contributed by atoms with Gasteiger partial charge in [-0.1, -0.05) is 0 Å². The molecule has 156 valence electrons. The molecular formula is C20H19N3O6S. The largest absolute Gasteiger partial charge is 0.481 e. The highest BCUT2D eigenvalue weighted by Gasteiger charge is 2.40. The number of carboxylic acid groups (broad SMARTS) is 1. The van der Waals surface area contributed by atoms with Crippen molar-refractivity contribution in [2.75, 3.05) is 36.5 Å². The third-order valence-electron chi connectivity index (χ3n) is 5.06. The molecule has 0 radical (unpaired) electrons. The molecule has 2 aliphatic rings. The number of hydrogen-bond donors (Lipinski definition) is 2.